The fraction of sp³-hybridized carbons (Fsp3) is 0.462. The van der Waals surface area contributed by atoms with Gasteiger partial charge in [0.05, 0.1) is 5.69 Å². The summed E-state index contributed by atoms with van der Waals surface area (Å²) in [5, 5.41) is 0. The molecule has 0 spiro atoms. The van der Waals surface area contributed by atoms with Crippen molar-refractivity contribution in [2.75, 3.05) is 13.6 Å². The van der Waals surface area contributed by atoms with Crippen molar-refractivity contribution in [2.45, 2.75) is 25.7 Å². The summed E-state index contributed by atoms with van der Waals surface area (Å²) in [4.78, 5) is 6.70. The summed E-state index contributed by atoms with van der Waals surface area (Å²) in [6.45, 7) is 1.05. The van der Waals surface area contributed by atoms with Crippen molar-refractivity contribution >= 4 is 23.9 Å². The molecular weight excluding hydrogens is 239 g/mol. The van der Waals surface area contributed by atoms with Crippen LogP contribution < -0.4 is 0 Å². The molecule has 0 amide bonds. The van der Waals surface area contributed by atoms with Crippen LogP contribution in [-0.4, -0.2) is 24.3 Å². The van der Waals surface area contributed by atoms with Crippen LogP contribution in [0.5, 0.6) is 0 Å². The van der Waals surface area contributed by atoms with E-state index < -0.39 is 0 Å². The van der Waals surface area contributed by atoms with Gasteiger partial charge in [-0.05, 0) is 31.0 Å². The van der Waals surface area contributed by atoms with Gasteiger partial charge < -0.3 is 4.90 Å². The van der Waals surface area contributed by atoms with E-state index in [-0.39, 0.29) is 18.2 Å². The van der Waals surface area contributed by atoms with Gasteiger partial charge in [0.25, 0.3) is 0 Å². The van der Waals surface area contributed by atoms with Crippen LogP contribution in [0.2, 0.25) is 0 Å². The molecular formula is C13H18ClFN2. The van der Waals surface area contributed by atoms with E-state index in [1.54, 1.807) is 6.07 Å². The van der Waals surface area contributed by atoms with Gasteiger partial charge >= 0.3 is 0 Å². The highest BCUT2D eigenvalue weighted by molar-refractivity contribution is 5.85. The molecule has 17 heavy (non-hydrogen) atoms. The molecule has 0 radical (unpaired) electrons. The van der Waals surface area contributed by atoms with Crippen LogP contribution in [-0.2, 0) is 0 Å². The summed E-state index contributed by atoms with van der Waals surface area (Å²) in [6.07, 6.45) is 4.65. The normalized spacial score (nSPS) is 18.7. The van der Waals surface area contributed by atoms with Gasteiger partial charge in [0, 0.05) is 20.0 Å². The molecule has 1 heterocycles. The fourth-order valence-electron chi connectivity index (χ4n) is 1.96. The van der Waals surface area contributed by atoms with E-state index in [1.807, 2.05) is 6.07 Å². The predicted octanol–water partition coefficient (Wildman–Crippen LogP) is 3.78. The van der Waals surface area contributed by atoms with E-state index in [0.29, 0.717) is 5.69 Å². The van der Waals surface area contributed by atoms with Crippen molar-refractivity contribution in [3.63, 3.8) is 0 Å². The predicted molar refractivity (Wildman–Crippen MR) is 71.8 cm³/mol. The number of aliphatic imine (C=N–C) groups is 1. The summed E-state index contributed by atoms with van der Waals surface area (Å²) >= 11 is 0. The van der Waals surface area contributed by atoms with Crippen molar-refractivity contribution in [1.29, 1.82) is 0 Å². The minimum absolute atomic E-state index is 0. The maximum Gasteiger partial charge on any atom is 0.125 e. The highest BCUT2D eigenvalue weighted by Gasteiger charge is 2.10. The monoisotopic (exact) mass is 256 g/mol. The highest BCUT2D eigenvalue weighted by Crippen LogP contribution is 2.17. The SMILES string of the molecule is CN1CCCCCC1=Nc1cccc(F)c1.Cl. The summed E-state index contributed by atoms with van der Waals surface area (Å²) in [7, 11) is 2.06. The Labute approximate surface area is 108 Å². The molecule has 94 valence electrons. The van der Waals surface area contributed by atoms with Crippen molar-refractivity contribution in [3.8, 4) is 0 Å². The van der Waals surface area contributed by atoms with Gasteiger partial charge in [-0.1, -0.05) is 12.5 Å². The molecule has 1 saturated heterocycles. The molecule has 1 aromatic rings. The molecule has 1 fully saturated rings. The van der Waals surface area contributed by atoms with Crippen molar-refractivity contribution < 1.29 is 4.39 Å². The summed E-state index contributed by atoms with van der Waals surface area (Å²) < 4.78 is 13.0. The molecule has 2 rings (SSSR count). The average molecular weight is 257 g/mol. The maximum absolute atomic E-state index is 13.0. The third-order valence-electron chi connectivity index (χ3n) is 2.90. The first-order valence-electron chi connectivity index (χ1n) is 5.80. The number of rotatable bonds is 1. The van der Waals surface area contributed by atoms with Gasteiger partial charge in [0.15, 0.2) is 0 Å². The Morgan fingerprint density at radius 1 is 1.24 bits per heavy atom. The van der Waals surface area contributed by atoms with Gasteiger partial charge in [0.2, 0.25) is 0 Å². The minimum Gasteiger partial charge on any atom is -0.363 e. The second-order valence-electron chi connectivity index (χ2n) is 4.24. The number of nitrogens with zero attached hydrogens (tertiary/aromatic N) is 2. The number of hydrogen-bond acceptors (Lipinski definition) is 1. The summed E-state index contributed by atoms with van der Waals surface area (Å²) in [6, 6.07) is 6.46. The zero-order valence-corrected chi connectivity index (χ0v) is 10.8. The Bertz CT molecular complexity index is 393. The summed E-state index contributed by atoms with van der Waals surface area (Å²) in [5.41, 5.74) is 0.712. The van der Waals surface area contributed by atoms with Crippen LogP contribution >= 0.6 is 12.4 Å². The zero-order chi connectivity index (χ0) is 11.4. The number of amidine groups is 1. The Kier molecular flexibility index (Phi) is 5.42. The van der Waals surface area contributed by atoms with Gasteiger partial charge in [-0.15, -0.1) is 12.4 Å². The Hall–Kier alpha value is -1.09. The van der Waals surface area contributed by atoms with Crippen LogP contribution in [0, 0.1) is 5.82 Å². The van der Waals surface area contributed by atoms with Crippen molar-refractivity contribution in [1.82, 2.24) is 4.90 Å². The second kappa shape index (κ2) is 6.60. The van der Waals surface area contributed by atoms with E-state index in [9.17, 15) is 4.39 Å². The average Bonchev–Trinajstić information content (AvgIpc) is 2.45. The number of benzene rings is 1. The first kappa shape index (κ1) is 14.0. The van der Waals surface area contributed by atoms with Gasteiger partial charge in [-0.3, -0.25) is 0 Å². The largest absolute Gasteiger partial charge is 0.363 e. The molecule has 0 N–H and O–H groups in total. The van der Waals surface area contributed by atoms with E-state index in [0.717, 1.165) is 18.8 Å². The molecule has 4 heteroatoms. The van der Waals surface area contributed by atoms with Crippen LogP contribution in [0.1, 0.15) is 25.7 Å². The lowest BCUT2D eigenvalue weighted by atomic mass is 10.2. The first-order chi connectivity index (χ1) is 7.75. The smallest absolute Gasteiger partial charge is 0.125 e. The van der Waals surface area contributed by atoms with Gasteiger partial charge in [-0.2, -0.15) is 0 Å². The molecule has 0 unspecified atom stereocenters. The third kappa shape index (κ3) is 4.00. The lowest BCUT2D eigenvalue weighted by molar-refractivity contribution is 0.494. The lowest BCUT2D eigenvalue weighted by Crippen LogP contribution is -2.25. The lowest BCUT2D eigenvalue weighted by Gasteiger charge is -2.17. The molecule has 0 saturated carbocycles. The van der Waals surface area contributed by atoms with E-state index in [4.69, 9.17) is 0 Å². The van der Waals surface area contributed by atoms with Gasteiger partial charge in [0.1, 0.15) is 11.7 Å². The molecule has 0 atom stereocenters. The molecule has 1 aromatic carbocycles. The van der Waals surface area contributed by atoms with E-state index in [1.165, 1.54) is 31.4 Å². The Morgan fingerprint density at radius 3 is 2.82 bits per heavy atom. The molecule has 2 nitrogen and oxygen atoms in total. The van der Waals surface area contributed by atoms with Crippen LogP contribution in [0.3, 0.4) is 0 Å². The number of halogens is 2. The van der Waals surface area contributed by atoms with Crippen LogP contribution in [0.25, 0.3) is 0 Å². The molecule has 0 aromatic heterocycles. The molecule has 0 bridgehead atoms. The van der Waals surface area contributed by atoms with E-state index in [2.05, 4.69) is 16.9 Å². The molecule has 1 aliphatic rings. The Balaban J connectivity index is 0.00000144. The Morgan fingerprint density at radius 2 is 2.06 bits per heavy atom. The minimum atomic E-state index is -0.224. The quantitative estimate of drug-likeness (QED) is 0.747. The van der Waals surface area contributed by atoms with Gasteiger partial charge in [-0.25, -0.2) is 9.38 Å². The van der Waals surface area contributed by atoms with Crippen molar-refractivity contribution in [3.05, 3.63) is 30.1 Å². The number of hydrogen-bond donors (Lipinski definition) is 0. The highest BCUT2D eigenvalue weighted by atomic mass is 35.5. The van der Waals surface area contributed by atoms with Crippen LogP contribution in [0.4, 0.5) is 10.1 Å². The van der Waals surface area contributed by atoms with Crippen LogP contribution in [0.15, 0.2) is 29.3 Å². The number of likely N-dealkylation sites (tertiary alicyclic amines) is 1. The summed E-state index contributed by atoms with van der Waals surface area (Å²) in [5.74, 6) is 0.848. The standard InChI is InChI=1S/C13H17FN2.ClH/c1-16-9-4-2-3-8-13(16)15-12-7-5-6-11(14)10-12;/h5-7,10H,2-4,8-9H2,1H3;1H. The maximum atomic E-state index is 13.0. The van der Waals surface area contributed by atoms with E-state index >= 15 is 0 Å². The zero-order valence-electron chi connectivity index (χ0n) is 10.0. The molecule has 0 aliphatic carbocycles. The fourth-order valence-corrected chi connectivity index (χ4v) is 1.96. The topological polar surface area (TPSA) is 15.6 Å². The first-order valence-corrected chi connectivity index (χ1v) is 5.80. The molecule has 1 aliphatic heterocycles. The second-order valence-corrected chi connectivity index (χ2v) is 4.24. The van der Waals surface area contributed by atoms with Crippen molar-refractivity contribution in [2.24, 2.45) is 4.99 Å². The third-order valence-corrected chi connectivity index (χ3v) is 2.90.